The normalized spacial score (nSPS) is 12.4. The highest BCUT2D eigenvalue weighted by Crippen LogP contribution is 2.21. The van der Waals surface area contributed by atoms with Crippen LogP contribution in [0.4, 0.5) is 0 Å². The third-order valence-corrected chi connectivity index (χ3v) is 2.93. The number of aliphatic hydroxyl groups is 1. The van der Waals surface area contributed by atoms with Gasteiger partial charge in [0.25, 0.3) is 0 Å². The maximum atomic E-state index is 11.1. The molecule has 0 saturated heterocycles. The number of carbonyl (C=O) groups excluding carboxylic acids is 1. The SMILES string of the molecule is CC(C(N)=O)n1c(CO)nnc1SCC(=O)O. The molecule has 0 aliphatic rings. The molecule has 8 nitrogen and oxygen atoms in total. The molecule has 1 unspecified atom stereocenters. The molecule has 1 aromatic heterocycles. The van der Waals surface area contributed by atoms with Crippen LogP contribution in [0.1, 0.15) is 18.8 Å². The molecule has 1 atom stereocenters. The molecule has 0 bridgehead atoms. The molecule has 0 aromatic carbocycles. The Labute approximate surface area is 101 Å². The minimum absolute atomic E-state index is 0.171. The lowest BCUT2D eigenvalue weighted by atomic mass is 10.3. The number of aliphatic carboxylic acids is 1. The first-order valence-corrected chi connectivity index (χ1v) is 5.64. The highest BCUT2D eigenvalue weighted by Gasteiger charge is 2.21. The summed E-state index contributed by atoms with van der Waals surface area (Å²) in [5.41, 5.74) is 5.15. The number of carboxylic acids is 1. The molecular weight excluding hydrogens is 248 g/mol. The number of amides is 1. The zero-order valence-electron chi connectivity index (χ0n) is 9.03. The molecule has 0 spiro atoms. The number of carboxylic acid groups (broad SMARTS) is 1. The molecule has 0 aliphatic carbocycles. The largest absolute Gasteiger partial charge is 0.481 e. The van der Waals surface area contributed by atoms with Gasteiger partial charge >= 0.3 is 5.97 Å². The van der Waals surface area contributed by atoms with Crippen molar-refractivity contribution >= 4 is 23.6 Å². The molecule has 1 heterocycles. The van der Waals surface area contributed by atoms with Gasteiger partial charge in [-0.3, -0.25) is 14.2 Å². The Morgan fingerprint density at radius 3 is 2.65 bits per heavy atom. The molecular formula is C8H12N4O4S. The molecule has 9 heteroatoms. The first-order valence-electron chi connectivity index (χ1n) is 4.66. The monoisotopic (exact) mass is 260 g/mol. The average Bonchev–Trinajstić information content (AvgIpc) is 2.67. The number of thioether (sulfide) groups is 1. The summed E-state index contributed by atoms with van der Waals surface area (Å²) in [6, 6.07) is -0.747. The van der Waals surface area contributed by atoms with Crippen LogP contribution in [0, 0.1) is 0 Å². The van der Waals surface area contributed by atoms with Gasteiger partial charge in [-0.1, -0.05) is 11.8 Å². The van der Waals surface area contributed by atoms with Crippen molar-refractivity contribution in [2.75, 3.05) is 5.75 Å². The lowest BCUT2D eigenvalue weighted by Crippen LogP contribution is -2.26. The van der Waals surface area contributed by atoms with Gasteiger partial charge in [0.1, 0.15) is 12.6 Å². The number of hydrogen-bond donors (Lipinski definition) is 3. The number of nitrogens with two attached hydrogens (primary N) is 1. The van der Waals surface area contributed by atoms with E-state index in [9.17, 15) is 9.59 Å². The van der Waals surface area contributed by atoms with Gasteiger partial charge in [0.15, 0.2) is 11.0 Å². The van der Waals surface area contributed by atoms with E-state index < -0.39 is 24.5 Å². The predicted molar refractivity (Wildman–Crippen MR) is 58.2 cm³/mol. The lowest BCUT2D eigenvalue weighted by molar-refractivity contribution is -0.133. The molecule has 0 aliphatic heterocycles. The van der Waals surface area contributed by atoms with Crippen molar-refractivity contribution in [1.82, 2.24) is 14.8 Å². The van der Waals surface area contributed by atoms with Crippen LogP contribution in [0.5, 0.6) is 0 Å². The summed E-state index contributed by atoms with van der Waals surface area (Å²) in [6.07, 6.45) is 0. The zero-order valence-corrected chi connectivity index (χ0v) is 9.85. The van der Waals surface area contributed by atoms with Crippen molar-refractivity contribution in [3.63, 3.8) is 0 Å². The van der Waals surface area contributed by atoms with Crippen LogP contribution in [-0.4, -0.2) is 42.6 Å². The molecule has 17 heavy (non-hydrogen) atoms. The summed E-state index contributed by atoms with van der Waals surface area (Å²) < 4.78 is 1.33. The van der Waals surface area contributed by atoms with Gasteiger partial charge in [-0.15, -0.1) is 10.2 Å². The van der Waals surface area contributed by atoms with E-state index in [4.69, 9.17) is 15.9 Å². The van der Waals surface area contributed by atoms with Crippen LogP contribution in [-0.2, 0) is 16.2 Å². The van der Waals surface area contributed by atoms with Crippen LogP contribution in [0.15, 0.2) is 5.16 Å². The first kappa shape index (κ1) is 13.5. The van der Waals surface area contributed by atoms with E-state index in [1.54, 1.807) is 0 Å². The maximum Gasteiger partial charge on any atom is 0.313 e. The van der Waals surface area contributed by atoms with Gasteiger partial charge in [-0.2, -0.15) is 0 Å². The van der Waals surface area contributed by atoms with Crippen LogP contribution >= 0.6 is 11.8 Å². The quantitative estimate of drug-likeness (QED) is 0.558. The van der Waals surface area contributed by atoms with E-state index in [1.807, 2.05) is 0 Å². The second-order valence-corrected chi connectivity index (χ2v) is 4.13. The van der Waals surface area contributed by atoms with E-state index in [0.29, 0.717) is 0 Å². The van der Waals surface area contributed by atoms with Crippen LogP contribution in [0.25, 0.3) is 0 Å². The van der Waals surface area contributed by atoms with Crippen molar-refractivity contribution < 1.29 is 19.8 Å². The lowest BCUT2D eigenvalue weighted by Gasteiger charge is -2.13. The van der Waals surface area contributed by atoms with Gasteiger partial charge in [-0.25, -0.2) is 0 Å². The fourth-order valence-electron chi connectivity index (χ4n) is 1.16. The Kier molecular flexibility index (Phi) is 4.46. The standard InChI is InChI=1S/C8H12N4O4S/c1-4(7(9)16)12-5(2-13)10-11-8(12)17-3-6(14)15/h4,13H,2-3H2,1H3,(H2,9,16)(H,14,15). The van der Waals surface area contributed by atoms with E-state index >= 15 is 0 Å². The van der Waals surface area contributed by atoms with E-state index in [1.165, 1.54) is 11.5 Å². The highest BCUT2D eigenvalue weighted by atomic mass is 32.2. The molecule has 4 N–H and O–H groups in total. The molecule has 94 valence electrons. The van der Waals surface area contributed by atoms with Crippen LogP contribution in [0.2, 0.25) is 0 Å². The van der Waals surface area contributed by atoms with Crippen molar-refractivity contribution in [3.8, 4) is 0 Å². The maximum absolute atomic E-state index is 11.1. The number of carbonyl (C=O) groups is 2. The number of hydrogen-bond acceptors (Lipinski definition) is 6. The van der Waals surface area contributed by atoms with Gasteiger partial charge < -0.3 is 15.9 Å². The summed E-state index contributed by atoms with van der Waals surface area (Å²) >= 11 is 0.908. The molecule has 1 aromatic rings. The Morgan fingerprint density at radius 1 is 1.53 bits per heavy atom. The number of rotatable bonds is 6. The second-order valence-electron chi connectivity index (χ2n) is 3.19. The van der Waals surface area contributed by atoms with E-state index in [2.05, 4.69) is 10.2 Å². The van der Waals surface area contributed by atoms with Gasteiger partial charge in [0.05, 0.1) is 5.75 Å². The van der Waals surface area contributed by atoms with Crippen molar-refractivity contribution in [2.24, 2.45) is 5.73 Å². The fourth-order valence-corrected chi connectivity index (χ4v) is 1.91. The molecule has 1 rings (SSSR count). The number of primary amides is 1. The number of aliphatic hydroxyl groups excluding tert-OH is 1. The van der Waals surface area contributed by atoms with Gasteiger partial charge in [0.2, 0.25) is 5.91 Å². The third-order valence-electron chi connectivity index (χ3n) is 2.00. The number of aromatic nitrogens is 3. The Balaban J connectivity index is 3.01. The van der Waals surface area contributed by atoms with E-state index in [0.717, 1.165) is 11.8 Å². The fraction of sp³-hybridized carbons (Fsp3) is 0.500. The van der Waals surface area contributed by atoms with Crippen LogP contribution < -0.4 is 5.73 Å². The first-order chi connectivity index (χ1) is 7.97. The molecule has 0 radical (unpaired) electrons. The van der Waals surface area contributed by atoms with Crippen molar-refractivity contribution in [1.29, 1.82) is 0 Å². The van der Waals surface area contributed by atoms with Gasteiger partial charge in [0, 0.05) is 0 Å². The summed E-state index contributed by atoms with van der Waals surface area (Å²) in [5.74, 6) is -1.67. The zero-order chi connectivity index (χ0) is 13.0. The van der Waals surface area contributed by atoms with Crippen LogP contribution in [0.3, 0.4) is 0 Å². The molecule has 1 amide bonds. The molecule has 0 fully saturated rings. The smallest absolute Gasteiger partial charge is 0.313 e. The summed E-state index contributed by atoms with van der Waals surface area (Å²) in [6.45, 7) is 1.12. The van der Waals surface area contributed by atoms with E-state index in [-0.39, 0.29) is 16.7 Å². The molecule has 0 saturated carbocycles. The topological polar surface area (TPSA) is 131 Å². The highest BCUT2D eigenvalue weighted by molar-refractivity contribution is 7.99. The predicted octanol–water partition coefficient (Wildman–Crippen LogP) is -1.01. The summed E-state index contributed by atoms with van der Waals surface area (Å²) in [7, 11) is 0. The minimum Gasteiger partial charge on any atom is -0.481 e. The Bertz CT molecular complexity index is 433. The third kappa shape index (κ3) is 3.17. The van der Waals surface area contributed by atoms with Gasteiger partial charge in [-0.05, 0) is 6.92 Å². The summed E-state index contributed by atoms with van der Waals surface area (Å²) in [5, 5.41) is 25.2. The Morgan fingerprint density at radius 2 is 2.18 bits per heavy atom. The summed E-state index contributed by atoms with van der Waals surface area (Å²) in [4.78, 5) is 21.5. The van der Waals surface area contributed by atoms with Crippen molar-refractivity contribution in [3.05, 3.63) is 5.82 Å². The average molecular weight is 260 g/mol. The minimum atomic E-state index is -1.01. The second kappa shape index (κ2) is 5.64. The number of nitrogens with zero attached hydrogens (tertiary/aromatic N) is 3. The Hall–Kier alpha value is -1.61. The van der Waals surface area contributed by atoms with Crippen molar-refractivity contribution in [2.45, 2.75) is 24.7 Å².